The maximum atomic E-state index is 5.74. The van der Waals surface area contributed by atoms with Gasteiger partial charge in [0, 0.05) is 13.1 Å². The number of hydrogen-bond donors (Lipinski definition) is 0. The Morgan fingerprint density at radius 3 is 2.78 bits per heavy atom. The van der Waals surface area contributed by atoms with E-state index in [0.29, 0.717) is 6.61 Å². The van der Waals surface area contributed by atoms with Crippen molar-refractivity contribution in [3.05, 3.63) is 41.2 Å². The molecule has 4 rings (SSSR count). The van der Waals surface area contributed by atoms with E-state index in [4.69, 9.17) is 9.47 Å². The van der Waals surface area contributed by atoms with Gasteiger partial charge < -0.3 is 9.47 Å². The van der Waals surface area contributed by atoms with Crippen molar-refractivity contribution in [3.63, 3.8) is 0 Å². The summed E-state index contributed by atoms with van der Waals surface area (Å²) in [5, 5.41) is 13.9. The predicted molar refractivity (Wildman–Crippen MR) is 85.5 cm³/mol. The lowest BCUT2D eigenvalue weighted by Crippen LogP contribution is -2.36. The third-order valence-electron chi connectivity index (χ3n) is 3.67. The molecule has 0 aliphatic carbocycles. The van der Waals surface area contributed by atoms with Crippen LogP contribution >= 0.6 is 11.3 Å². The molecule has 2 aromatic heterocycles. The molecule has 1 aliphatic heterocycles. The van der Waals surface area contributed by atoms with Gasteiger partial charge in [-0.2, -0.15) is 9.61 Å². The molecule has 0 bridgehead atoms. The lowest BCUT2D eigenvalue weighted by atomic mass is 10.3. The van der Waals surface area contributed by atoms with Crippen LogP contribution in [0.4, 0.5) is 0 Å². The Morgan fingerprint density at radius 2 is 1.96 bits per heavy atom. The van der Waals surface area contributed by atoms with Gasteiger partial charge in [-0.15, -0.1) is 10.2 Å². The minimum atomic E-state index is 0.440. The molecule has 0 radical (unpaired) electrons. The standard InChI is InChI=1S/C15H17N5O2S/c1-2-4-12(5-3-1)22-11-14-18-20-13(16-17-15(20)23-14)10-19-6-8-21-9-7-19/h1-5H,6-11H2. The summed E-state index contributed by atoms with van der Waals surface area (Å²) in [4.78, 5) is 3.11. The highest BCUT2D eigenvalue weighted by Crippen LogP contribution is 2.18. The predicted octanol–water partition coefficient (Wildman–Crippen LogP) is 1.60. The van der Waals surface area contributed by atoms with E-state index in [-0.39, 0.29) is 0 Å². The number of rotatable bonds is 5. The molecule has 8 heteroatoms. The van der Waals surface area contributed by atoms with Crippen LogP contribution in [-0.4, -0.2) is 51.0 Å². The van der Waals surface area contributed by atoms with Crippen molar-refractivity contribution < 1.29 is 9.47 Å². The van der Waals surface area contributed by atoms with Gasteiger partial charge >= 0.3 is 0 Å². The van der Waals surface area contributed by atoms with Crippen LogP contribution in [0.5, 0.6) is 5.75 Å². The van der Waals surface area contributed by atoms with Crippen LogP contribution in [0.25, 0.3) is 4.96 Å². The Labute approximate surface area is 137 Å². The number of nitrogens with zero attached hydrogens (tertiary/aromatic N) is 5. The zero-order valence-corrected chi connectivity index (χ0v) is 13.4. The summed E-state index contributed by atoms with van der Waals surface area (Å²) >= 11 is 1.51. The molecular formula is C15H17N5O2S. The average Bonchev–Trinajstić information content (AvgIpc) is 3.17. The Bertz CT molecular complexity index is 767. The maximum Gasteiger partial charge on any atom is 0.234 e. The Morgan fingerprint density at radius 1 is 1.13 bits per heavy atom. The summed E-state index contributed by atoms with van der Waals surface area (Å²) in [6, 6.07) is 9.74. The summed E-state index contributed by atoms with van der Waals surface area (Å²) in [5.41, 5.74) is 0. The van der Waals surface area contributed by atoms with Crippen molar-refractivity contribution in [2.24, 2.45) is 0 Å². The van der Waals surface area contributed by atoms with Crippen molar-refractivity contribution in [1.82, 2.24) is 24.7 Å². The monoisotopic (exact) mass is 331 g/mol. The average molecular weight is 331 g/mol. The van der Waals surface area contributed by atoms with E-state index >= 15 is 0 Å². The Hall–Kier alpha value is -2.03. The van der Waals surface area contributed by atoms with Crippen molar-refractivity contribution in [2.75, 3.05) is 26.3 Å². The molecule has 0 spiro atoms. The van der Waals surface area contributed by atoms with Crippen LogP contribution in [0.3, 0.4) is 0 Å². The highest BCUT2D eigenvalue weighted by Gasteiger charge is 2.17. The molecule has 7 nitrogen and oxygen atoms in total. The number of aromatic nitrogens is 4. The van der Waals surface area contributed by atoms with Crippen LogP contribution in [0.2, 0.25) is 0 Å². The summed E-state index contributed by atoms with van der Waals surface area (Å²) < 4.78 is 12.9. The SMILES string of the molecule is c1ccc(OCc2nn3c(CN4CCOCC4)nnc3s2)cc1. The largest absolute Gasteiger partial charge is 0.486 e. The van der Waals surface area contributed by atoms with Crippen molar-refractivity contribution in [2.45, 2.75) is 13.2 Å². The van der Waals surface area contributed by atoms with E-state index in [0.717, 1.165) is 54.4 Å². The molecule has 23 heavy (non-hydrogen) atoms. The van der Waals surface area contributed by atoms with Crippen LogP contribution in [0, 0.1) is 0 Å². The molecule has 0 unspecified atom stereocenters. The molecule has 0 saturated carbocycles. The molecular weight excluding hydrogens is 314 g/mol. The highest BCUT2D eigenvalue weighted by atomic mass is 32.1. The molecule has 120 valence electrons. The van der Waals surface area contributed by atoms with Crippen LogP contribution < -0.4 is 4.74 Å². The Kier molecular flexibility index (Phi) is 4.18. The summed E-state index contributed by atoms with van der Waals surface area (Å²) in [6.45, 7) is 4.57. The number of para-hydroxylation sites is 1. The highest BCUT2D eigenvalue weighted by molar-refractivity contribution is 7.16. The van der Waals surface area contributed by atoms with Gasteiger partial charge in [0.25, 0.3) is 0 Å². The van der Waals surface area contributed by atoms with Gasteiger partial charge in [0.05, 0.1) is 19.8 Å². The van der Waals surface area contributed by atoms with E-state index in [1.165, 1.54) is 11.3 Å². The first-order valence-electron chi connectivity index (χ1n) is 7.56. The number of fused-ring (bicyclic) bond motifs is 1. The van der Waals surface area contributed by atoms with Gasteiger partial charge in [-0.05, 0) is 12.1 Å². The van der Waals surface area contributed by atoms with Gasteiger partial charge in [-0.1, -0.05) is 29.5 Å². The number of morpholine rings is 1. The number of benzene rings is 1. The quantitative estimate of drug-likeness (QED) is 0.707. The number of ether oxygens (including phenoxy) is 2. The molecule has 1 saturated heterocycles. The first-order valence-corrected chi connectivity index (χ1v) is 8.38. The second-order valence-electron chi connectivity index (χ2n) is 5.30. The molecule has 3 heterocycles. The zero-order valence-electron chi connectivity index (χ0n) is 12.6. The van der Waals surface area contributed by atoms with E-state index < -0.39 is 0 Å². The van der Waals surface area contributed by atoms with Crippen LogP contribution in [0.15, 0.2) is 30.3 Å². The van der Waals surface area contributed by atoms with Crippen molar-refractivity contribution in [1.29, 1.82) is 0 Å². The van der Waals surface area contributed by atoms with Crippen molar-refractivity contribution in [3.8, 4) is 5.75 Å². The third kappa shape index (κ3) is 3.34. The van der Waals surface area contributed by atoms with Gasteiger partial charge in [0.2, 0.25) is 4.96 Å². The van der Waals surface area contributed by atoms with E-state index in [9.17, 15) is 0 Å². The second-order valence-corrected chi connectivity index (χ2v) is 6.34. The summed E-state index contributed by atoms with van der Waals surface area (Å²) in [7, 11) is 0. The van der Waals surface area contributed by atoms with Gasteiger partial charge in [0.15, 0.2) is 10.8 Å². The first kappa shape index (κ1) is 14.6. The second kappa shape index (κ2) is 6.61. The minimum absolute atomic E-state index is 0.440. The maximum absolute atomic E-state index is 5.74. The first-order chi connectivity index (χ1) is 11.4. The van der Waals surface area contributed by atoms with E-state index in [1.807, 2.05) is 34.8 Å². The summed E-state index contributed by atoms with van der Waals surface area (Å²) in [6.07, 6.45) is 0. The van der Waals surface area contributed by atoms with Gasteiger partial charge in [-0.3, -0.25) is 4.90 Å². The topological polar surface area (TPSA) is 64.8 Å². The fraction of sp³-hybridized carbons (Fsp3) is 0.400. The normalized spacial score (nSPS) is 16.0. The molecule has 1 aromatic carbocycles. The van der Waals surface area contributed by atoms with Crippen molar-refractivity contribution >= 4 is 16.3 Å². The molecule has 0 N–H and O–H groups in total. The third-order valence-corrected chi connectivity index (χ3v) is 4.54. The molecule has 0 amide bonds. The smallest absolute Gasteiger partial charge is 0.234 e. The van der Waals surface area contributed by atoms with E-state index in [1.54, 1.807) is 0 Å². The fourth-order valence-corrected chi connectivity index (χ4v) is 3.24. The Balaban J connectivity index is 1.45. The van der Waals surface area contributed by atoms with Crippen LogP contribution in [-0.2, 0) is 17.9 Å². The summed E-state index contributed by atoms with van der Waals surface area (Å²) in [5.74, 6) is 1.70. The molecule has 0 atom stereocenters. The lowest BCUT2D eigenvalue weighted by Gasteiger charge is -2.25. The minimum Gasteiger partial charge on any atom is -0.486 e. The van der Waals surface area contributed by atoms with E-state index in [2.05, 4.69) is 20.2 Å². The molecule has 3 aromatic rings. The fourth-order valence-electron chi connectivity index (χ4n) is 2.48. The van der Waals surface area contributed by atoms with Gasteiger partial charge in [-0.25, -0.2) is 0 Å². The van der Waals surface area contributed by atoms with Crippen LogP contribution in [0.1, 0.15) is 10.8 Å². The van der Waals surface area contributed by atoms with Gasteiger partial charge in [0.1, 0.15) is 12.4 Å². The number of hydrogen-bond acceptors (Lipinski definition) is 7. The lowest BCUT2D eigenvalue weighted by molar-refractivity contribution is 0.0328. The molecule has 1 fully saturated rings. The zero-order chi connectivity index (χ0) is 15.5. The molecule has 1 aliphatic rings.